The molecule has 0 spiro atoms. The number of nitrogens with one attached hydrogen (secondary N) is 1. The number of H-pyrrole nitrogens is 1. The maximum atomic E-state index is 15.2. The minimum absolute atomic E-state index is 0.286. The molecule has 0 amide bonds. The third kappa shape index (κ3) is 3.33. The number of pyridine rings is 1. The summed E-state index contributed by atoms with van der Waals surface area (Å²) >= 11 is 0. The molecule has 0 saturated carbocycles. The first-order valence-corrected chi connectivity index (χ1v) is 11.3. The molecular weight excluding hydrogens is 417 g/mol. The Morgan fingerprint density at radius 2 is 1.88 bits per heavy atom. The quantitative estimate of drug-likeness (QED) is 0.439. The van der Waals surface area contributed by atoms with Gasteiger partial charge in [-0.15, -0.1) is 0 Å². The molecule has 7 nitrogen and oxygen atoms in total. The van der Waals surface area contributed by atoms with Gasteiger partial charge in [0.1, 0.15) is 17.0 Å². The van der Waals surface area contributed by atoms with Crippen LogP contribution < -0.4 is 0 Å². The molecule has 5 aromatic rings. The lowest BCUT2D eigenvalue weighted by molar-refractivity contribution is 0.222. The van der Waals surface area contributed by atoms with E-state index < -0.39 is 0 Å². The molecule has 1 fully saturated rings. The van der Waals surface area contributed by atoms with Crippen molar-refractivity contribution in [1.82, 2.24) is 34.2 Å². The van der Waals surface area contributed by atoms with E-state index in [9.17, 15) is 0 Å². The molecule has 1 N–H and O–H groups in total. The van der Waals surface area contributed by atoms with Crippen molar-refractivity contribution in [2.45, 2.75) is 25.8 Å². The highest BCUT2D eigenvalue weighted by molar-refractivity contribution is 5.96. The molecule has 5 heterocycles. The number of aromatic amines is 1. The molecule has 1 saturated heterocycles. The monoisotopic (exact) mass is 443 g/mol. The SMILES string of the molecule is Cc1nc2c(F)cc(-c3c[nH]c4nc(-c5cnn(C)c5)ccc34)cc2n1C1CCN(C)CC1. The highest BCUT2D eigenvalue weighted by Gasteiger charge is 2.24. The maximum absolute atomic E-state index is 15.2. The van der Waals surface area contributed by atoms with Crippen molar-refractivity contribution in [3.05, 3.63) is 54.5 Å². The zero-order valence-electron chi connectivity index (χ0n) is 19.0. The van der Waals surface area contributed by atoms with Crippen molar-refractivity contribution in [3.8, 4) is 22.4 Å². The summed E-state index contributed by atoms with van der Waals surface area (Å²) in [6.45, 7) is 4.06. The number of rotatable bonds is 3. The molecule has 0 unspecified atom stereocenters. The van der Waals surface area contributed by atoms with Crippen molar-refractivity contribution in [2.24, 2.45) is 7.05 Å². The van der Waals surface area contributed by atoms with Crippen LogP contribution in [0.3, 0.4) is 0 Å². The largest absolute Gasteiger partial charge is 0.345 e. The van der Waals surface area contributed by atoms with Gasteiger partial charge in [0.05, 0.1) is 17.4 Å². The minimum atomic E-state index is -0.286. The van der Waals surface area contributed by atoms with Crippen molar-refractivity contribution in [2.75, 3.05) is 20.1 Å². The number of imidazole rings is 1. The summed E-state index contributed by atoms with van der Waals surface area (Å²) < 4.78 is 19.2. The summed E-state index contributed by atoms with van der Waals surface area (Å²) in [6, 6.07) is 8.03. The summed E-state index contributed by atoms with van der Waals surface area (Å²) in [7, 11) is 4.04. The fourth-order valence-electron chi connectivity index (χ4n) is 5.10. The van der Waals surface area contributed by atoms with E-state index in [1.165, 1.54) is 0 Å². The number of aryl methyl sites for hydroxylation is 2. The summed E-state index contributed by atoms with van der Waals surface area (Å²) in [5.41, 5.74) is 5.66. The van der Waals surface area contributed by atoms with Gasteiger partial charge in [-0.2, -0.15) is 5.10 Å². The fraction of sp³-hybridized carbons (Fsp3) is 0.320. The summed E-state index contributed by atoms with van der Waals surface area (Å²) in [5.74, 6) is 0.587. The van der Waals surface area contributed by atoms with Gasteiger partial charge in [0.15, 0.2) is 5.82 Å². The molecule has 0 aliphatic carbocycles. The average Bonchev–Trinajstić information content (AvgIpc) is 3.50. The fourth-order valence-corrected chi connectivity index (χ4v) is 5.10. The Hall–Kier alpha value is -3.52. The topological polar surface area (TPSA) is 67.6 Å². The molecule has 0 atom stereocenters. The third-order valence-electron chi connectivity index (χ3n) is 6.83. The van der Waals surface area contributed by atoms with Crippen molar-refractivity contribution >= 4 is 22.1 Å². The molecule has 0 bridgehead atoms. The lowest BCUT2D eigenvalue weighted by atomic mass is 10.0. The number of hydrogen-bond acceptors (Lipinski definition) is 4. The van der Waals surface area contributed by atoms with Gasteiger partial charge in [0.25, 0.3) is 0 Å². The molecule has 1 aliphatic rings. The molecular formula is C25H26FN7. The van der Waals surface area contributed by atoms with Crippen LogP contribution in [0, 0.1) is 12.7 Å². The zero-order valence-corrected chi connectivity index (χ0v) is 19.0. The Kier molecular flexibility index (Phi) is 4.58. The standard InChI is InChI=1S/C25H26FN7/c1-15-29-24-21(26)10-16(11-23(24)33(15)18-6-8-31(2)9-7-18)20-13-27-25-19(20)4-5-22(30-25)17-12-28-32(3)14-17/h4-5,10-14,18H,6-9H2,1-3H3,(H,27,30). The maximum Gasteiger partial charge on any atom is 0.151 e. The van der Waals surface area contributed by atoms with Gasteiger partial charge in [-0.05, 0) is 69.7 Å². The average molecular weight is 444 g/mol. The number of piperidine rings is 1. The highest BCUT2D eigenvalue weighted by Crippen LogP contribution is 2.35. The lowest BCUT2D eigenvalue weighted by Crippen LogP contribution is -2.31. The number of likely N-dealkylation sites (tertiary alicyclic amines) is 1. The first kappa shape index (κ1) is 20.1. The number of aromatic nitrogens is 6. The van der Waals surface area contributed by atoms with Crippen LogP contribution in [0.4, 0.5) is 4.39 Å². The smallest absolute Gasteiger partial charge is 0.151 e. The molecule has 33 heavy (non-hydrogen) atoms. The predicted octanol–water partition coefficient (Wildman–Crippen LogP) is 4.69. The predicted molar refractivity (Wildman–Crippen MR) is 127 cm³/mol. The first-order valence-electron chi connectivity index (χ1n) is 11.3. The van der Waals surface area contributed by atoms with E-state index in [1.54, 1.807) is 16.9 Å². The summed E-state index contributed by atoms with van der Waals surface area (Å²) in [5, 5.41) is 5.19. The van der Waals surface area contributed by atoms with Crippen LogP contribution in [0.25, 0.3) is 44.5 Å². The minimum Gasteiger partial charge on any atom is -0.345 e. The Labute approximate surface area is 190 Å². The van der Waals surface area contributed by atoms with Crippen molar-refractivity contribution in [1.29, 1.82) is 0 Å². The zero-order chi connectivity index (χ0) is 22.7. The Bertz CT molecular complexity index is 1480. The van der Waals surface area contributed by atoms with Crippen LogP contribution in [0.15, 0.2) is 42.9 Å². The Balaban J connectivity index is 1.45. The Morgan fingerprint density at radius 3 is 2.64 bits per heavy atom. The molecule has 4 aromatic heterocycles. The van der Waals surface area contributed by atoms with Crippen LogP contribution in [0.5, 0.6) is 0 Å². The molecule has 1 aromatic carbocycles. The number of benzene rings is 1. The van der Waals surface area contributed by atoms with Crippen LogP contribution in [0.1, 0.15) is 24.7 Å². The molecule has 0 radical (unpaired) electrons. The lowest BCUT2D eigenvalue weighted by Gasteiger charge is -2.30. The van der Waals surface area contributed by atoms with Crippen LogP contribution in [0.2, 0.25) is 0 Å². The van der Waals surface area contributed by atoms with Crippen LogP contribution in [-0.2, 0) is 7.05 Å². The normalized spacial score (nSPS) is 15.8. The Morgan fingerprint density at radius 1 is 1.06 bits per heavy atom. The van der Waals surface area contributed by atoms with E-state index >= 15 is 4.39 Å². The van der Waals surface area contributed by atoms with Gasteiger partial charge in [-0.3, -0.25) is 4.68 Å². The molecule has 8 heteroatoms. The second-order valence-electron chi connectivity index (χ2n) is 9.09. The summed E-state index contributed by atoms with van der Waals surface area (Å²) in [4.78, 5) is 15.0. The van der Waals surface area contributed by atoms with Gasteiger partial charge in [-0.1, -0.05) is 0 Å². The number of nitrogens with zero attached hydrogens (tertiary/aromatic N) is 6. The van der Waals surface area contributed by atoms with Gasteiger partial charge in [0, 0.05) is 42.0 Å². The third-order valence-corrected chi connectivity index (χ3v) is 6.83. The molecule has 168 valence electrons. The number of hydrogen-bond donors (Lipinski definition) is 1. The van der Waals surface area contributed by atoms with Gasteiger partial charge in [-0.25, -0.2) is 14.4 Å². The first-order chi connectivity index (χ1) is 16.0. The second kappa shape index (κ2) is 7.52. The van der Waals surface area contributed by atoms with E-state index in [4.69, 9.17) is 4.98 Å². The van der Waals surface area contributed by atoms with Gasteiger partial charge < -0.3 is 14.5 Å². The second-order valence-corrected chi connectivity index (χ2v) is 9.09. The number of halogens is 1. The highest BCUT2D eigenvalue weighted by atomic mass is 19.1. The van der Waals surface area contributed by atoms with Crippen LogP contribution in [-0.4, -0.2) is 54.3 Å². The molecule has 6 rings (SSSR count). The van der Waals surface area contributed by atoms with Crippen molar-refractivity contribution < 1.29 is 4.39 Å². The van der Waals surface area contributed by atoms with Crippen LogP contribution >= 0.6 is 0 Å². The van der Waals surface area contributed by atoms with E-state index in [-0.39, 0.29) is 5.82 Å². The molecule has 1 aliphatic heterocycles. The van der Waals surface area contributed by atoms with E-state index in [0.29, 0.717) is 11.6 Å². The van der Waals surface area contributed by atoms with Gasteiger partial charge >= 0.3 is 0 Å². The van der Waals surface area contributed by atoms with E-state index in [2.05, 4.69) is 37.6 Å². The van der Waals surface area contributed by atoms with E-state index in [0.717, 1.165) is 70.7 Å². The number of fused-ring (bicyclic) bond motifs is 2. The van der Waals surface area contributed by atoms with E-state index in [1.807, 2.05) is 38.5 Å². The van der Waals surface area contributed by atoms with Gasteiger partial charge in [0.2, 0.25) is 0 Å². The summed E-state index contributed by atoms with van der Waals surface area (Å²) in [6.07, 6.45) is 7.74. The van der Waals surface area contributed by atoms with Crippen molar-refractivity contribution in [3.63, 3.8) is 0 Å².